The van der Waals surface area contributed by atoms with E-state index in [1.165, 1.54) is 0 Å². The highest BCUT2D eigenvalue weighted by Gasteiger charge is 2.02. The third kappa shape index (κ3) is 8.18. The summed E-state index contributed by atoms with van der Waals surface area (Å²) < 4.78 is 7.44. The van der Waals surface area contributed by atoms with E-state index in [1.807, 2.05) is 17.8 Å². The topological polar surface area (TPSA) is 27.1 Å². The summed E-state index contributed by atoms with van der Waals surface area (Å²) in [4.78, 5) is 3.78. The number of imidazole rings is 1. The minimum atomic E-state index is 0.431. The van der Waals surface area contributed by atoms with Crippen molar-refractivity contribution in [3.8, 4) is 0 Å². The number of aryl methyl sites for hydroxylation is 1. The largest absolute Gasteiger partial charge is 0.376 e. The van der Waals surface area contributed by atoms with Gasteiger partial charge in [0.25, 0.3) is 0 Å². The highest BCUT2D eigenvalue weighted by molar-refractivity contribution is 4.70. The van der Waals surface area contributed by atoms with Gasteiger partial charge in [-0.15, -0.1) is 0 Å². The standard InChI is InChI=1S/C8H18O.C4H6N2/c1-5-7(3)9-8(4)6-2;1-6-3-2-5-4-6/h7-8H,5-6H2,1-4H3;2-4H,1H3. The minimum absolute atomic E-state index is 0.431. The molecule has 15 heavy (non-hydrogen) atoms. The molecule has 1 aromatic rings. The van der Waals surface area contributed by atoms with E-state index in [9.17, 15) is 0 Å². The molecule has 0 saturated heterocycles. The average molecular weight is 212 g/mol. The van der Waals surface area contributed by atoms with Gasteiger partial charge in [-0.3, -0.25) is 0 Å². The number of rotatable bonds is 4. The van der Waals surface area contributed by atoms with Crippen LogP contribution >= 0.6 is 0 Å². The number of ether oxygens (including phenoxy) is 1. The zero-order chi connectivity index (χ0) is 11.7. The lowest BCUT2D eigenvalue weighted by molar-refractivity contribution is 0.00511. The number of hydrogen-bond donors (Lipinski definition) is 0. The summed E-state index contributed by atoms with van der Waals surface area (Å²) >= 11 is 0. The van der Waals surface area contributed by atoms with Crippen LogP contribution in [0.5, 0.6) is 0 Å². The van der Waals surface area contributed by atoms with Gasteiger partial charge in [0.05, 0.1) is 18.5 Å². The van der Waals surface area contributed by atoms with Gasteiger partial charge in [-0.05, 0) is 26.7 Å². The molecule has 0 aliphatic heterocycles. The van der Waals surface area contributed by atoms with Gasteiger partial charge >= 0.3 is 0 Å². The van der Waals surface area contributed by atoms with E-state index in [1.54, 1.807) is 12.5 Å². The molecule has 2 atom stereocenters. The van der Waals surface area contributed by atoms with Gasteiger partial charge in [0.2, 0.25) is 0 Å². The highest BCUT2D eigenvalue weighted by atomic mass is 16.5. The maximum absolute atomic E-state index is 5.55. The fourth-order valence-electron chi connectivity index (χ4n) is 0.915. The van der Waals surface area contributed by atoms with Crippen molar-refractivity contribution in [2.24, 2.45) is 7.05 Å². The van der Waals surface area contributed by atoms with Crippen molar-refractivity contribution < 1.29 is 4.74 Å². The molecule has 0 spiro atoms. The predicted molar refractivity (Wildman–Crippen MR) is 63.8 cm³/mol. The fraction of sp³-hybridized carbons (Fsp3) is 0.750. The van der Waals surface area contributed by atoms with Gasteiger partial charge in [0.15, 0.2) is 0 Å². The van der Waals surface area contributed by atoms with Crippen molar-refractivity contribution in [1.29, 1.82) is 0 Å². The van der Waals surface area contributed by atoms with Gasteiger partial charge in [0.1, 0.15) is 0 Å². The Morgan fingerprint density at radius 1 is 1.20 bits per heavy atom. The van der Waals surface area contributed by atoms with Crippen LogP contribution in [-0.2, 0) is 11.8 Å². The maximum Gasteiger partial charge on any atom is 0.0943 e. The van der Waals surface area contributed by atoms with Crippen molar-refractivity contribution >= 4 is 0 Å². The lowest BCUT2D eigenvalue weighted by Gasteiger charge is -2.15. The Morgan fingerprint density at radius 2 is 1.73 bits per heavy atom. The lowest BCUT2D eigenvalue weighted by Crippen LogP contribution is -2.14. The first-order chi connectivity index (χ1) is 7.10. The van der Waals surface area contributed by atoms with E-state index in [0.29, 0.717) is 12.2 Å². The summed E-state index contributed by atoms with van der Waals surface area (Å²) in [7, 11) is 1.94. The average Bonchev–Trinajstić information content (AvgIpc) is 2.69. The Hall–Kier alpha value is -0.830. The number of nitrogens with zero attached hydrogens (tertiary/aromatic N) is 2. The molecule has 2 unspecified atom stereocenters. The summed E-state index contributed by atoms with van der Waals surface area (Å²) in [6.07, 6.45) is 8.48. The normalized spacial score (nSPS) is 13.9. The Bertz CT molecular complexity index is 214. The van der Waals surface area contributed by atoms with Crippen molar-refractivity contribution in [2.45, 2.75) is 52.7 Å². The molecule has 88 valence electrons. The SMILES string of the molecule is CCC(C)OC(C)CC.Cn1ccnc1. The molecule has 0 fully saturated rings. The maximum atomic E-state index is 5.55. The van der Waals surface area contributed by atoms with Gasteiger partial charge in [-0.25, -0.2) is 4.98 Å². The van der Waals surface area contributed by atoms with Crippen LogP contribution in [0.15, 0.2) is 18.7 Å². The third-order valence-electron chi connectivity index (χ3n) is 2.25. The molecule has 1 rings (SSSR count). The Kier molecular flexibility index (Phi) is 8.01. The zero-order valence-corrected chi connectivity index (χ0v) is 10.6. The number of hydrogen-bond acceptors (Lipinski definition) is 2. The van der Waals surface area contributed by atoms with Crippen LogP contribution in [0.2, 0.25) is 0 Å². The molecule has 0 N–H and O–H groups in total. The van der Waals surface area contributed by atoms with E-state index in [0.717, 1.165) is 12.8 Å². The summed E-state index contributed by atoms with van der Waals surface area (Å²) in [5.74, 6) is 0. The van der Waals surface area contributed by atoms with Crippen molar-refractivity contribution in [3.05, 3.63) is 18.7 Å². The van der Waals surface area contributed by atoms with E-state index in [-0.39, 0.29) is 0 Å². The molecular weight excluding hydrogens is 188 g/mol. The van der Waals surface area contributed by atoms with Crippen molar-refractivity contribution in [1.82, 2.24) is 9.55 Å². The summed E-state index contributed by atoms with van der Waals surface area (Å²) in [5.41, 5.74) is 0. The van der Waals surface area contributed by atoms with Crippen LogP contribution in [-0.4, -0.2) is 21.8 Å². The second kappa shape index (κ2) is 8.48. The van der Waals surface area contributed by atoms with Crippen LogP contribution in [0.25, 0.3) is 0 Å². The van der Waals surface area contributed by atoms with Gasteiger partial charge in [0, 0.05) is 19.4 Å². The summed E-state index contributed by atoms with van der Waals surface area (Å²) in [5, 5.41) is 0. The third-order valence-corrected chi connectivity index (χ3v) is 2.25. The van der Waals surface area contributed by atoms with Crippen molar-refractivity contribution in [2.75, 3.05) is 0 Å². The summed E-state index contributed by atoms with van der Waals surface area (Å²) in [6.45, 7) is 8.53. The Balaban J connectivity index is 0.000000280. The fourth-order valence-corrected chi connectivity index (χ4v) is 0.915. The second-order valence-corrected chi connectivity index (χ2v) is 3.80. The molecular formula is C12H24N2O. The molecule has 3 nitrogen and oxygen atoms in total. The van der Waals surface area contributed by atoms with Crippen LogP contribution in [0.3, 0.4) is 0 Å². The minimum Gasteiger partial charge on any atom is -0.376 e. The van der Waals surface area contributed by atoms with Crippen molar-refractivity contribution in [3.63, 3.8) is 0 Å². The summed E-state index contributed by atoms with van der Waals surface area (Å²) in [6, 6.07) is 0. The Morgan fingerprint density at radius 3 is 1.93 bits per heavy atom. The molecule has 0 amide bonds. The van der Waals surface area contributed by atoms with Crippen LogP contribution in [0, 0.1) is 0 Å². The lowest BCUT2D eigenvalue weighted by atomic mass is 10.3. The first-order valence-electron chi connectivity index (χ1n) is 5.67. The predicted octanol–water partition coefficient (Wildman–Crippen LogP) is 3.02. The van der Waals surface area contributed by atoms with Gasteiger partial charge < -0.3 is 9.30 Å². The number of aromatic nitrogens is 2. The molecule has 1 heterocycles. The van der Waals surface area contributed by atoms with Crippen LogP contribution in [0.1, 0.15) is 40.5 Å². The van der Waals surface area contributed by atoms with Crippen LogP contribution in [0.4, 0.5) is 0 Å². The second-order valence-electron chi connectivity index (χ2n) is 3.80. The highest BCUT2D eigenvalue weighted by Crippen LogP contribution is 2.03. The molecule has 0 aromatic carbocycles. The monoisotopic (exact) mass is 212 g/mol. The van der Waals surface area contributed by atoms with E-state index < -0.39 is 0 Å². The van der Waals surface area contributed by atoms with Crippen LogP contribution < -0.4 is 0 Å². The van der Waals surface area contributed by atoms with Gasteiger partial charge in [-0.2, -0.15) is 0 Å². The quantitative estimate of drug-likeness (QED) is 0.767. The molecule has 0 aliphatic rings. The molecule has 1 aromatic heterocycles. The molecule has 0 saturated carbocycles. The van der Waals surface area contributed by atoms with E-state index in [2.05, 4.69) is 32.7 Å². The molecule has 0 bridgehead atoms. The van der Waals surface area contributed by atoms with E-state index in [4.69, 9.17) is 4.74 Å². The molecule has 0 aliphatic carbocycles. The first-order valence-corrected chi connectivity index (χ1v) is 5.67. The van der Waals surface area contributed by atoms with Gasteiger partial charge in [-0.1, -0.05) is 13.8 Å². The first kappa shape index (κ1) is 14.2. The zero-order valence-electron chi connectivity index (χ0n) is 10.6. The Labute approximate surface area is 93.5 Å². The molecule has 3 heteroatoms. The smallest absolute Gasteiger partial charge is 0.0943 e. The van der Waals surface area contributed by atoms with E-state index >= 15 is 0 Å². The molecule has 0 radical (unpaired) electrons.